The van der Waals surface area contributed by atoms with E-state index in [1.165, 1.54) is 0 Å². The molecule has 0 aliphatic heterocycles. The first kappa shape index (κ1) is 17.0. The zero-order chi connectivity index (χ0) is 17.3. The van der Waals surface area contributed by atoms with Gasteiger partial charge in [-0.2, -0.15) is 0 Å². The van der Waals surface area contributed by atoms with Crippen molar-refractivity contribution >= 4 is 40.0 Å². The molecule has 0 radical (unpaired) electrons. The minimum Gasteiger partial charge on any atom is -0.307 e. The second-order valence-corrected chi connectivity index (χ2v) is 6.26. The highest BCUT2D eigenvalue weighted by molar-refractivity contribution is 6.67. The Morgan fingerprint density at radius 3 is 2.50 bits per heavy atom. The third-order valence-corrected chi connectivity index (χ3v) is 4.35. The van der Waals surface area contributed by atoms with Crippen LogP contribution in [0.3, 0.4) is 0 Å². The first-order valence-electron chi connectivity index (χ1n) is 7.20. The molecule has 7 heteroatoms. The molecule has 0 fully saturated rings. The molecule has 1 aromatic heterocycles. The topological polar surface area (TPSA) is 47.8 Å². The zero-order valence-corrected chi connectivity index (χ0v) is 14.9. The molecule has 0 aliphatic rings. The third kappa shape index (κ3) is 3.18. The van der Waals surface area contributed by atoms with Crippen molar-refractivity contribution in [2.45, 2.75) is 13.5 Å². The minimum absolute atomic E-state index is 0.408. The molecule has 3 aromatic rings. The van der Waals surface area contributed by atoms with Crippen LogP contribution < -0.4 is 0 Å². The van der Waals surface area contributed by atoms with Crippen LogP contribution in [0.15, 0.2) is 42.5 Å². The van der Waals surface area contributed by atoms with Crippen molar-refractivity contribution in [3.05, 3.63) is 58.1 Å². The van der Waals surface area contributed by atoms with Gasteiger partial charge < -0.3 is 4.57 Å². The van der Waals surface area contributed by atoms with Gasteiger partial charge in [0, 0.05) is 28.3 Å². The van der Waals surface area contributed by atoms with E-state index in [2.05, 4.69) is 10.2 Å². The maximum absolute atomic E-state index is 11.4. The molecule has 0 saturated heterocycles. The third-order valence-electron chi connectivity index (χ3n) is 3.59. The maximum Gasteiger partial charge on any atom is 0.252 e. The molecule has 2 aromatic carbocycles. The van der Waals surface area contributed by atoms with Crippen LogP contribution >= 0.6 is 34.8 Å². The van der Waals surface area contributed by atoms with Gasteiger partial charge in [0.1, 0.15) is 0 Å². The van der Waals surface area contributed by atoms with Crippen LogP contribution in [0.4, 0.5) is 0 Å². The van der Waals surface area contributed by atoms with Crippen LogP contribution in [0.1, 0.15) is 17.3 Å². The Balaban J connectivity index is 2.14. The minimum atomic E-state index is -0.514. The van der Waals surface area contributed by atoms with Crippen LogP contribution in [0.2, 0.25) is 10.0 Å². The number of rotatable bonds is 4. The molecule has 0 bridgehead atoms. The van der Waals surface area contributed by atoms with Crippen LogP contribution in [0.5, 0.6) is 0 Å². The summed E-state index contributed by atoms with van der Waals surface area (Å²) in [6.07, 6.45) is 0. The standard InChI is InChI=1S/C17H12Cl3N3O/c1-2-23-16(11-5-3-4-10(8-11)15(20)24)21-22-17(23)13-7-6-12(18)9-14(13)19/h3-9H,2H2,1H3. The van der Waals surface area contributed by atoms with E-state index >= 15 is 0 Å². The monoisotopic (exact) mass is 379 g/mol. The normalized spacial score (nSPS) is 10.8. The lowest BCUT2D eigenvalue weighted by atomic mass is 10.1. The number of benzene rings is 2. The van der Waals surface area contributed by atoms with E-state index in [1.54, 1.807) is 30.3 Å². The molecule has 0 amide bonds. The average Bonchev–Trinajstić information content (AvgIpc) is 2.98. The van der Waals surface area contributed by atoms with Gasteiger partial charge in [-0.1, -0.05) is 41.4 Å². The molecule has 0 spiro atoms. The van der Waals surface area contributed by atoms with Gasteiger partial charge in [-0.15, -0.1) is 10.2 Å². The van der Waals surface area contributed by atoms with Crippen LogP contribution in [-0.2, 0) is 6.54 Å². The van der Waals surface area contributed by atoms with E-state index in [4.69, 9.17) is 34.8 Å². The van der Waals surface area contributed by atoms with Crippen LogP contribution in [0, 0.1) is 0 Å². The van der Waals surface area contributed by atoms with Gasteiger partial charge in [0.25, 0.3) is 5.24 Å². The first-order chi connectivity index (χ1) is 11.5. The summed E-state index contributed by atoms with van der Waals surface area (Å²) in [6.45, 7) is 2.62. The second kappa shape index (κ2) is 6.93. The molecule has 1 heterocycles. The summed E-state index contributed by atoms with van der Waals surface area (Å²) < 4.78 is 1.92. The molecule has 122 valence electrons. The lowest BCUT2D eigenvalue weighted by Crippen LogP contribution is -2.01. The molecular weight excluding hydrogens is 369 g/mol. The summed E-state index contributed by atoms with van der Waals surface area (Å²) in [7, 11) is 0. The van der Waals surface area contributed by atoms with E-state index in [1.807, 2.05) is 23.6 Å². The number of hydrogen-bond acceptors (Lipinski definition) is 3. The molecule has 0 saturated carbocycles. The maximum atomic E-state index is 11.4. The van der Waals surface area contributed by atoms with Crippen molar-refractivity contribution in [1.29, 1.82) is 0 Å². The highest BCUT2D eigenvalue weighted by Gasteiger charge is 2.17. The van der Waals surface area contributed by atoms with E-state index < -0.39 is 5.24 Å². The van der Waals surface area contributed by atoms with Gasteiger partial charge in [0.15, 0.2) is 11.6 Å². The Morgan fingerprint density at radius 1 is 1.08 bits per heavy atom. The summed E-state index contributed by atoms with van der Waals surface area (Å²) >= 11 is 17.8. The van der Waals surface area contributed by atoms with Crippen molar-refractivity contribution in [2.24, 2.45) is 0 Å². The Kier molecular flexibility index (Phi) is 4.90. The Morgan fingerprint density at radius 2 is 1.83 bits per heavy atom. The van der Waals surface area contributed by atoms with Crippen molar-refractivity contribution in [2.75, 3.05) is 0 Å². The SMILES string of the molecule is CCn1c(-c2cccc(C(=O)Cl)c2)nnc1-c1ccc(Cl)cc1Cl. The van der Waals surface area contributed by atoms with Crippen molar-refractivity contribution in [3.63, 3.8) is 0 Å². The molecule has 0 unspecified atom stereocenters. The van der Waals surface area contributed by atoms with Gasteiger partial charge in [-0.3, -0.25) is 4.79 Å². The molecule has 0 N–H and O–H groups in total. The number of halogens is 3. The second-order valence-electron chi connectivity index (χ2n) is 5.07. The highest BCUT2D eigenvalue weighted by atomic mass is 35.5. The number of aromatic nitrogens is 3. The Labute approximate surface area is 154 Å². The average molecular weight is 381 g/mol. The summed E-state index contributed by atoms with van der Waals surface area (Å²) in [5, 5.41) is 9.07. The van der Waals surface area contributed by atoms with Crippen molar-refractivity contribution in [3.8, 4) is 22.8 Å². The van der Waals surface area contributed by atoms with Crippen LogP contribution in [0.25, 0.3) is 22.8 Å². The summed E-state index contributed by atoms with van der Waals surface area (Å²) in [4.78, 5) is 11.4. The molecular formula is C17H12Cl3N3O. The predicted molar refractivity (Wildman–Crippen MR) is 96.8 cm³/mol. The van der Waals surface area contributed by atoms with Gasteiger partial charge in [-0.25, -0.2) is 0 Å². The Hall–Kier alpha value is -1.88. The first-order valence-corrected chi connectivity index (χ1v) is 8.33. The smallest absolute Gasteiger partial charge is 0.252 e. The number of carbonyl (C=O) groups is 1. The summed E-state index contributed by atoms with van der Waals surface area (Å²) in [6, 6.07) is 12.2. The predicted octanol–water partition coefficient (Wildman–Crippen LogP) is 5.32. The van der Waals surface area contributed by atoms with Gasteiger partial charge in [0.2, 0.25) is 0 Å². The number of carbonyl (C=O) groups excluding carboxylic acids is 1. The summed E-state index contributed by atoms with van der Waals surface area (Å²) in [5.41, 5.74) is 1.91. The van der Waals surface area contributed by atoms with E-state index in [-0.39, 0.29) is 0 Å². The van der Waals surface area contributed by atoms with E-state index in [0.29, 0.717) is 33.8 Å². The van der Waals surface area contributed by atoms with Gasteiger partial charge >= 0.3 is 0 Å². The quantitative estimate of drug-likeness (QED) is 0.576. The fourth-order valence-corrected chi connectivity index (χ4v) is 3.08. The van der Waals surface area contributed by atoms with Crippen molar-refractivity contribution in [1.82, 2.24) is 14.8 Å². The Bertz CT molecular complexity index is 921. The highest BCUT2D eigenvalue weighted by Crippen LogP contribution is 2.31. The molecule has 0 aliphatic carbocycles. The van der Waals surface area contributed by atoms with E-state index in [0.717, 1.165) is 11.1 Å². The number of hydrogen-bond donors (Lipinski definition) is 0. The molecule has 4 nitrogen and oxygen atoms in total. The van der Waals surface area contributed by atoms with E-state index in [9.17, 15) is 4.79 Å². The molecule has 24 heavy (non-hydrogen) atoms. The zero-order valence-electron chi connectivity index (χ0n) is 12.6. The molecule has 3 rings (SSSR count). The molecule has 0 atom stereocenters. The number of nitrogens with zero attached hydrogens (tertiary/aromatic N) is 3. The fraction of sp³-hybridized carbons (Fsp3) is 0.118. The fourth-order valence-electron chi connectivity index (χ4n) is 2.47. The largest absolute Gasteiger partial charge is 0.307 e. The lowest BCUT2D eigenvalue weighted by molar-refractivity contribution is 0.108. The van der Waals surface area contributed by atoms with Gasteiger partial charge in [0.05, 0.1) is 5.02 Å². The van der Waals surface area contributed by atoms with Crippen molar-refractivity contribution < 1.29 is 4.79 Å². The summed E-state index contributed by atoms with van der Waals surface area (Å²) in [5.74, 6) is 1.27. The lowest BCUT2D eigenvalue weighted by Gasteiger charge is -2.09. The van der Waals surface area contributed by atoms with Gasteiger partial charge in [-0.05, 0) is 42.8 Å². The van der Waals surface area contributed by atoms with Crippen LogP contribution in [-0.4, -0.2) is 20.0 Å².